The van der Waals surface area contributed by atoms with Crippen LogP contribution in [0.3, 0.4) is 0 Å². The SMILES string of the molecule is C[C@H](NCC1CCOc2ccccc21)C1CCCC1. The molecule has 1 N–H and O–H groups in total. The summed E-state index contributed by atoms with van der Waals surface area (Å²) in [5, 5.41) is 3.78. The molecule has 0 saturated heterocycles. The van der Waals surface area contributed by atoms with Gasteiger partial charge >= 0.3 is 0 Å². The summed E-state index contributed by atoms with van der Waals surface area (Å²) in [4.78, 5) is 0. The predicted octanol–water partition coefficient (Wildman–Crippen LogP) is 3.72. The van der Waals surface area contributed by atoms with Crippen molar-refractivity contribution in [3.63, 3.8) is 0 Å². The van der Waals surface area contributed by atoms with Crippen molar-refractivity contribution in [3.05, 3.63) is 29.8 Å². The second kappa shape index (κ2) is 5.96. The molecule has 2 atom stereocenters. The van der Waals surface area contributed by atoms with Crippen LogP contribution in [0.5, 0.6) is 5.75 Å². The number of hydrogen-bond donors (Lipinski definition) is 1. The molecule has 2 heteroatoms. The lowest BCUT2D eigenvalue weighted by Gasteiger charge is -2.28. The Bertz CT molecular complexity index is 411. The van der Waals surface area contributed by atoms with Crippen LogP contribution in [-0.2, 0) is 0 Å². The van der Waals surface area contributed by atoms with Crippen molar-refractivity contribution in [3.8, 4) is 5.75 Å². The Kier molecular flexibility index (Phi) is 4.07. The van der Waals surface area contributed by atoms with Gasteiger partial charge in [-0.25, -0.2) is 0 Å². The molecule has 0 spiro atoms. The molecule has 1 aliphatic heterocycles. The number of para-hydroxylation sites is 1. The van der Waals surface area contributed by atoms with Crippen molar-refractivity contribution in [1.29, 1.82) is 0 Å². The lowest BCUT2D eigenvalue weighted by atomic mass is 9.92. The second-order valence-electron chi connectivity index (χ2n) is 6.11. The Morgan fingerprint density at radius 3 is 2.84 bits per heavy atom. The summed E-state index contributed by atoms with van der Waals surface area (Å²) < 4.78 is 5.73. The Morgan fingerprint density at radius 1 is 1.21 bits per heavy atom. The molecule has 1 aromatic rings. The maximum Gasteiger partial charge on any atom is 0.122 e. The molecule has 1 unspecified atom stereocenters. The van der Waals surface area contributed by atoms with E-state index < -0.39 is 0 Å². The van der Waals surface area contributed by atoms with Gasteiger partial charge in [0.1, 0.15) is 5.75 Å². The summed E-state index contributed by atoms with van der Waals surface area (Å²) in [7, 11) is 0. The molecule has 104 valence electrons. The predicted molar refractivity (Wildman–Crippen MR) is 78.7 cm³/mol. The fraction of sp³-hybridized carbons (Fsp3) is 0.647. The molecule has 0 amide bonds. The number of fused-ring (bicyclic) bond motifs is 1. The number of benzene rings is 1. The van der Waals surface area contributed by atoms with Crippen LogP contribution < -0.4 is 10.1 Å². The third kappa shape index (κ3) is 2.94. The van der Waals surface area contributed by atoms with Gasteiger partial charge in [0.2, 0.25) is 0 Å². The third-order valence-electron chi connectivity index (χ3n) is 4.88. The number of rotatable bonds is 4. The van der Waals surface area contributed by atoms with Crippen LogP contribution in [0.2, 0.25) is 0 Å². The van der Waals surface area contributed by atoms with Crippen molar-refractivity contribution >= 4 is 0 Å². The minimum Gasteiger partial charge on any atom is -0.493 e. The van der Waals surface area contributed by atoms with E-state index in [9.17, 15) is 0 Å². The molecule has 1 heterocycles. The number of nitrogens with one attached hydrogen (secondary N) is 1. The van der Waals surface area contributed by atoms with Gasteiger partial charge in [-0.1, -0.05) is 31.0 Å². The molecule has 3 rings (SSSR count). The van der Waals surface area contributed by atoms with Gasteiger partial charge in [0, 0.05) is 18.5 Å². The van der Waals surface area contributed by atoms with Crippen LogP contribution in [0.15, 0.2) is 24.3 Å². The lowest BCUT2D eigenvalue weighted by molar-refractivity contribution is 0.258. The largest absolute Gasteiger partial charge is 0.493 e. The van der Waals surface area contributed by atoms with E-state index in [1.54, 1.807) is 0 Å². The van der Waals surface area contributed by atoms with Gasteiger partial charge in [0.15, 0.2) is 0 Å². The van der Waals surface area contributed by atoms with Gasteiger partial charge in [-0.15, -0.1) is 0 Å². The quantitative estimate of drug-likeness (QED) is 0.889. The van der Waals surface area contributed by atoms with Crippen molar-refractivity contribution in [1.82, 2.24) is 5.32 Å². The minimum atomic E-state index is 0.619. The summed E-state index contributed by atoms with van der Waals surface area (Å²) in [6, 6.07) is 9.18. The van der Waals surface area contributed by atoms with Crippen molar-refractivity contribution in [2.45, 2.75) is 51.0 Å². The second-order valence-corrected chi connectivity index (χ2v) is 6.11. The molecule has 1 saturated carbocycles. The van der Waals surface area contributed by atoms with Crippen LogP contribution in [0.25, 0.3) is 0 Å². The monoisotopic (exact) mass is 259 g/mol. The minimum absolute atomic E-state index is 0.619. The van der Waals surface area contributed by atoms with Gasteiger partial charge in [-0.2, -0.15) is 0 Å². The van der Waals surface area contributed by atoms with Crippen molar-refractivity contribution in [2.75, 3.05) is 13.2 Å². The van der Waals surface area contributed by atoms with Gasteiger partial charge in [-0.3, -0.25) is 0 Å². The van der Waals surface area contributed by atoms with E-state index in [4.69, 9.17) is 4.74 Å². The Hall–Kier alpha value is -1.02. The molecular formula is C17H25NO. The molecule has 19 heavy (non-hydrogen) atoms. The highest BCUT2D eigenvalue weighted by Crippen LogP contribution is 2.33. The molecule has 1 fully saturated rings. The first kappa shape index (κ1) is 13.0. The van der Waals surface area contributed by atoms with Crippen LogP contribution in [-0.4, -0.2) is 19.2 Å². The van der Waals surface area contributed by atoms with Gasteiger partial charge in [-0.05, 0) is 43.7 Å². The maximum absolute atomic E-state index is 5.73. The van der Waals surface area contributed by atoms with Crippen molar-refractivity contribution in [2.24, 2.45) is 5.92 Å². The summed E-state index contributed by atoms with van der Waals surface area (Å²) in [6.07, 6.45) is 6.83. The standard InChI is InChI=1S/C17H25NO/c1-13(14-6-2-3-7-14)18-12-15-10-11-19-17-9-5-4-8-16(15)17/h4-5,8-9,13-15,18H,2-3,6-7,10-12H2,1H3/t13-,15?/m0/s1. The highest BCUT2D eigenvalue weighted by molar-refractivity contribution is 5.37. The zero-order chi connectivity index (χ0) is 13.1. The average molecular weight is 259 g/mol. The van der Waals surface area contributed by atoms with Gasteiger partial charge in [0.25, 0.3) is 0 Å². The first-order chi connectivity index (χ1) is 9.34. The van der Waals surface area contributed by atoms with E-state index in [1.807, 2.05) is 0 Å². The zero-order valence-electron chi connectivity index (χ0n) is 11.9. The molecule has 0 aromatic heterocycles. The molecule has 0 bridgehead atoms. The van der Waals surface area contributed by atoms with E-state index >= 15 is 0 Å². The smallest absolute Gasteiger partial charge is 0.122 e. The number of hydrogen-bond acceptors (Lipinski definition) is 2. The summed E-state index contributed by atoms with van der Waals surface area (Å²) in [5.41, 5.74) is 1.39. The summed E-state index contributed by atoms with van der Waals surface area (Å²) in [6.45, 7) is 4.32. The zero-order valence-corrected chi connectivity index (χ0v) is 11.9. The van der Waals surface area contributed by atoms with Crippen molar-refractivity contribution < 1.29 is 4.74 Å². The molecule has 2 nitrogen and oxygen atoms in total. The van der Waals surface area contributed by atoms with Crippen LogP contribution >= 0.6 is 0 Å². The van der Waals surface area contributed by atoms with E-state index in [2.05, 4.69) is 36.5 Å². The molecule has 1 aliphatic carbocycles. The molecule has 0 radical (unpaired) electrons. The van der Waals surface area contributed by atoms with Gasteiger partial charge < -0.3 is 10.1 Å². The molecular weight excluding hydrogens is 234 g/mol. The Labute approximate surface area is 116 Å². The van der Waals surface area contributed by atoms with Crippen LogP contribution in [0.1, 0.15) is 50.5 Å². The maximum atomic E-state index is 5.73. The first-order valence-corrected chi connectivity index (χ1v) is 7.79. The van der Waals surface area contributed by atoms with E-state index in [0.717, 1.165) is 31.2 Å². The Balaban J connectivity index is 1.58. The highest BCUT2D eigenvalue weighted by atomic mass is 16.5. The molecule has 1 aromatic carbocycles. The van der Waals surface area contributed by atoms with Crippen LogP contribution in [0.4, 0.5) is 0 Å². The summed E-state index contributed by atoms with van der Waals surface area (Å²) >= 11 is 0. The van der Waals surface area contributed by atoms with Gasteiger partial charge in [0.05, 0.1) is 6.61 Å². The fourth-order valence-corrected chi connectivity index (χ4v) is 3.58. The van der Waals surface area contributed by atoms with E-state index in [0.29, 0.717) is 12.0 Å². The summed E-state index contributed by atoms with van der Waals surface area (Å²) in [5.74, 6) is 2.61. The Morgan fingerprint density at radius 2 is 2.00 bits per heavy atom. The average Bonchev–Trinajstić information content (AvgIpc) is 2.99. The lowest BCUT2D eigenvalue weighted by Crippen LogP contribution is -2.36. The van der Waals surface area contributed by atoms with E-state index in [1.165, 1.54) is 31.2 Å². The number of ether oxygens (including phenoxy) is 1. The first-order valence-electron chi connectivity index (χ1n) is 7.79. The topological polar surface area (TPSA) is 21.3 Å². The third-order valence-corrected chi connectivity index (χ3v) is 4.88. The van der Waals surface area contributed by atoms with E-state index in [-0.39, 0.29) is 0 Å². The van der Waals surface area contributed by atoms with Crippen LogP contribution in [0, 0.1) is 5.92 Å². The molecule has 2 aliphatic rings. The fourth-order valence-electron chi connectivity index (χ4n) is 3.58. The normalized spacial score (nSPS) is 24.8. The highest BCUT2D eigenvalue weighted by Gasteiger charge is 2.24.